The molecule has 1 aromatic heterocycles. The van der Waals surface area contributed by atoms with Crippen molar-refractivity contribution in [2.75, 3.05) is 22.9 Å². The van der Waals surface area contributed by atoms with E-state index in [4.69, 9.17) is 5.73 Å². The highest BCUT2D eigenvalue weighted by atomic mass is 19.1. The van der Waals surface area contributed by atoms with Crippen molar-refractivity contribution in [1.82, 2.24) is 9.78 Å². The maximum absolute atomic E-state index is 14.6. The van der Waals surface area contributed by atoms with Gasteiger partial charge in [-0.3, -0.25) is 14.4 Å². The maximum Gasteiger partial charge on any atom is 0.277 e. The normalized spacial score (nSPS) is 16.0. The molecule has 2 N–H and O–H groups in total. The van der Waals surface area contributed by atoms with Crippen molar-refractivity contribution in [2.45, 2.75) is 32.6 Å². The average molecular weight is 479 g/mol. The highest BCUT2D eigenvalue weighted by Crippen LogP contribution is 2.33. The van der Waals surface area contributed by atoms with E-state index in [0.717, 1.165) is 40.9 Å². The van der Waals surface area contributed by atoms with Crippen LogP contribution in [0.4, 0.5) is 20.2 Å². The van der Waals surface area contributed by atoms with Crippen molar-refractivity contribution in [3.8, 4) is 5.69 Å². The zero-order valence-corrected chi connectivity index (χ0v) is 19.1. The minimum Gasteiger partial charge on any atom is -0.364 e. The van der Waals surface area contributed by atoms with Gasteiger partial charge in [0, 0.05) is 36.4 Å². The first-order chi connectivity index (χ1) is 16.8. The third-order valence-electron chi connectivity index (χ3n) is 6.51. The molecule has 1 saturated heterocycles. The van der Waals surface area contributed by atoms with Crippen molar-refractivity contribution >= 4 is 29.1 Å². The molecule has 0 bridgehead atoms. The number of carbonyl (C=O) groups is 3. The highest BCUT2D eigenvalue weighted by Gasteiger charge is 2.36. The fraction of sp³-hybridized carbons (Fsp3) is 0.280. The van der Waals surface area contributed by atoms with Crippen molar-refractivity contribution in [3.63, 3.8) is 0 Å². The Hall–Kier alpha value is -4.08. The van der Waals surface area contributed by atoms with E-state index >= 15 is 0 Å². The van der Waals surface area contributed by atoms with Crippen molar-refractivity contribution in [2.24, 2.45) is 5.73 Å². The van der Waals surface area contributed by atoms with Gasteiger partial charge in [-0.2, -0.15) is 5.10 Å². The van der Waals surface area contributed by atoms with E-state index in [1.165, 1.54) is 11.0 Å². The van der Waals surface area contributed by atoms with E-state index in [0.29, 0.717) is 18.7 Å². The summed E-state index contributed by atoms with van der Waals surface area (Å²) in [4.78, 5) is 41.2. The van der Waals surface area contributed by atoms with Crippen LogP contribution >= 0.6 is 0 Å². The van der Waals surface area contributed by atoms with Gasteiger partial charge in [0.15, 0.2) is 17.3 Å². The van der Waals surface area contributed by atoms with Crippen LogP contribution in [0, 0.1) is 18.6 Å². The van der Waals surface area contributed by atoms with Gasteiger partial charge in [-0.05, 0) is 62.1 Å². The van der Waals surface area contributed by atoms with Crippen LogP contribution in [-0.4, -0.2) is 40.6 Å². The van der Waals surface area contributed by atoms with E-state index in [2.05, 4.69) is 5.10 Å². The molecular formula is C25H23F2N5O3. The van der Waals surface area contributed by atoms with Gasteiger partial charge in [0.1, 0.15) is 11.4 Å². The van der Waals surface area contributed by atoms with Crippen LogP contribution in [-0.2, 0) is 11.2 Å². The second kappa shape index (κ2) is 8.61. The molecule has 10 heteroatoms. The summed E-state index contributed by atoms with van der Waals surface area (Å²) in [5, 5.41) is 4.04. The number of nitrogens with two attached hydrogens (primary N) is 1. The van der Waals surface area contributed by atoms with Crippen LogP contribution < -0.4 is 15.5 Å². The van der Waals surface area contributed by atoms with E-state index in [-0.39, 0.29) is 35.8 Å². The Labute approximate surface area is 199 Å². The molecule has 3 aromatic rings. The van der Waals surface area contributed by atoms with Gasteiger partial charge in [-0.15, -0.1) is 0 Å². The summed E-state index contributed by atoms with van der Waals surface area (Å²) in [5.74, 6) is -3.23. The predicted octanol–water partition coefficient (Wildman–Crippen LogP) is 3.28. The monoisotopic (exact) mass is 479 g/mol. The van der Waals surface area contributed by atoms with Crippen molar-refractivity contribution in [1.29, 1.82) is 0 Å². The highest BCUT2D eigenvalue weighted by molar-refractivity contribution is 6.10. The number of rotatable bonds is 4. The van der Waals surface area contributed by atoms with Crippen LogP contribution in [0.2, 0.25) is 0 Å². The lowest BCUT2D eigenvalue weighted by Crippen LogP contribution is -2.40. The summed E-state index contributed by atoms with van der Waals surface area (Å²) in [6, 6.07) is 8.69. The van der Waals surface area contributed by atoms with Gasteiger partial charge in [0.25, 0.3) is 11.8 Å². The molecule has 0 saturated carbocycles. The second-order valence-corrected chi connectivity index (χ2v) is 8.70. The van der Waals surface area contributed by atoms with Gasteiger partial charge in [0.05, 0.1) is 0 Å². The molecule has 0 spiro atoms. The number of carbonyl (C=O) groups excluding carboxylic acids is 3. The lowest BCUT2D eigenvalue weighted by molar-refractivity contribution is -0.119. The number of fused-ring (bicyclic) bond motifs is 1. The van der Waals surface area contributed by atoms with E-state index in [9.17, 15) is 23.2 Å². The molecule has 2 aromatic carbocycles. The Morgan fingerprint density at radius 1 is 1.00 bits per heavy atom. The molecule has 180 valence electrons. The van der Waals surface area contributed by atoms with Gasteiger partial charge < -0.3 is 15.5 Å². The molecule has 3 amide bonds. The quantitative estimate of drug-likeness (QED) is 0.621. The van der Waals surface area contributed by atoms with Crippen LogP contribution in [0.3, 0.4) is 0 Å². The first-order valence-electron chi connectivity index (χ1n) is 11.4. The molecule has 35 heavy (non-hydrogen) atoms. The third kappa shape index (κ3) is 3.74. The molecule has 2 aliphatic heterocycles. The Morgan fingerprint density at radius 3 is 2.40 bits per heavy atom. The molecule has 0 atom stereocenters. The number of primary amides is 1. The number of hydrogen-bond acceptors (Lipinski definition) is 4. The minimum absolute atomic E-state index is 0.0666. The van der Waals surface area contributed by atoms with Crippen LogP contribution in [0.1, 0.15) is 51.4 Å². The standard InChI is InChI=1S/C25H23F2N5O3/c1-14-13-15(30-11-3-2-7-20(30)33)8-9-19(14)31-12-10-16-21(24(28)34)29-32(22(16)25(31)35)23-17(26)5-4-6-18(23)27/h4-6,8-9,13H,2-3,7,10-12H2,1H3,(H2,28,34). The van der Waals surface area contributed by atoms with E-state index in [1.807, 2.05) is 13.0 Å². The third-order valence-corrected chi connectivity index (χ3v) is 6.51. The SMILES string of the molecule is Cc1cc(N2CCCCC2=O)ccc1N1CCc2c(C(N)=O)nn(-c3c(F)cccc3F)c2C1=O. The minimum atomic E-state index is -0.928. The van der Waals surface area contributed by atoms with Crippen LogP contribution in [0.5, 0.6) is 0 Å². The molecular weight excluding hydrogens is 456 g/mol. The summed E-state index contributed by atoms with van der Waals surface area (Å²) in [6.45, 7) is 2.70. The zero-order valence-electron chi connectivity index (χ0n) is 19.1. The number of anilines is 2. The average Bonchev–Trinajstić information content (AvgIpc) is 3.20. The topological polar surface area (TPSA) is 102 Å². The molecule has 5 rings (SSSR count). The number of nitrogens with zero attached hydrogens (tertiary/aromatic N) is 4. The van der Waals surface area contributed by atoms with E-state index < -0.39 is 29.1 Å². The number of aromatic nitrogens is 2. The maximum atomic E-state index is 14.6. The first kappa shape index (κ1) is 22.7. The summed E-state index contributed by atoms with van der Waals surface area (Å²) >= 11 is 0. The number of amides is 3. The van der Waals surface area contributed by atoms with Crippen molar-refractivity contribution in [3.05, 3.63) is 70.5 Å². The van der Waals surface area contributed by atoms with Crippen LogP contribution in [0.25, 0.3) is 5.69 Å². The van der Waals surface area contributed by atoms with E-state index in [1.54, 1.807) is 17.0 Å². The largest absolute Gasteiger partial charge is 0.364 e. The number of aryl methyl sites for hydroxylation is 1. The molecule has 3 heterocycles. The number of halogens is 2. The molecule has 0 unspecified atom stereocenters. The number of piperidine rings is 1. The fourth-order valence-electron chi connectivity index (χ4n) is 4.83. The summed E-state index contributed by atoms with van der Waals surface area (Å²) < 4.78 is 30.1. The van der Waals surface area contributed by atoms with Crippen LogP contribution in [0.15, 0.2) is 36.4 Å². The summed E-state index contributed by atoms with van der Waals surface area (Å²) in [6.07, 6.45) is 2.54. The number of benzene rings is 2. The first-order valence-corrected chi connectivity index (χ1v) is 11.4. The zero-order chi connectivity index (χ0) is 24.9. The second-order valence-electron chi connectivity index (χ2n) is 8.70. The Balaban J connectivity index is 1.57. The Kier molecular flexibility index (Phi) is 5.58. The fourth-order valence-corrected chi connectivity index (χ4v) is 4.83. The Morgan fingerprint density at radius 2 is 1.74 bits per heavy atom. The summed E-state index contributed by atoms with van der Waals surface area (Å²) in [7, 11) is 0. The molecule has 2 aliphatic rings. The number of hydrogen-bond donors (Lipinski definition) is 1. The van der Waals surface area contributed by atoms with Gasteiger partial charge >= 0.3 is 0 Å². The van der Waals surface area contributed by atoms with Crippen molar-refractivity contribution < 1.29 is 23.2 Å². The smallest absolute Gasteiger partial charge is 0.277 e. The number of para-hydroxylation sites is 1. The molecule has 8 nitrogen and oxygen atoms in total. The predicted molar refractivity (Wildman–Crippen MR) is 125 cm³/mol. The summed E-state index contributed by atoms with van der Waals surface area (Å²) in [5.41, 5.74) is 6.98. The molecule has 0 aliphatic carbocycles. The van der Waals surface area contributed by atoms with Gasteiger partial charge in [0.2, 0.25) is 5.91 Å². The lowest BCUT2D eigenvalue weighted by atomic mass is 10.0. The molecule has 1 fully saturated rings. The van der Waals surface area contributed by atoms with Gasteiger partial charge in [-0.1, -0.05) is 6.07 Å². The van der Waals surface area contributed by atoms with Gasteiger partial charge in [-0.25, -0.2) is 13.5 Å². The lowest BCUT2D eigenvalue weighted by Gasteiger charge is -2.31. The molecule has 0 radical (unpaired) electrons. The Bertz CT molecular complexity index is 1360.